The minimum Gasteiger partial charge on any atom is -0.497 e. The minimum absolute atomic E-state index is 0.00571. The zero-order valence-electron chi connectivity index (χ0n) is 28.7. The van der Waals surface area contributed by atoms with Gasteiger partial charge in [0.1, 0.15) is 17.1 Å². The van der Waals surface area contributed by atoms with Gasteiger partial charge in [-0.25, -0.2) is 4.98 Å². The van der Waals surface area contributed by atoms with Crippen LogP contribution in [0.2, 0.25) is 0 Å². The van der Waals surface area contributed by atoms with E-state index < -0.39 is 5.60 Å². The summed E-state index contributed by atoms with van der Waals surface area (Å²) in [4.78, 5) is 32.5. The lowest BCUT2D eigenvalue weighted by Gasteiger charge is -2.25. The summed E-state index contributed by atoms with van der Waals surface area (Å²) in [5.74, 6) is 1.65. The zero-order valence-corrected chi connectivity index (χ0v) is 28.7. The number of likely N-dealkylation sites (tertiary alicyclic amines) is 1. The number of methoxy groups -OCH3 is 3. The molecule has 0 spiro atoms. The fourth-order valence-electron chi connectivity index (χ4n) is 5.59. The molecule has 0 bridgehead atoms. The normalized spacial score (nSPS) is 15.6. The van der Waals surface area contributed by atoms with Crippen LogP contribution in [-0.2, 0) is 32.7 Å². The number of carbonyl (C=O) groups excluding carboxylic acids is 2. The van der Waals surface area contributed by atoms with E-state index >= 15 is 0 Å². The number of aromatic nitrogens is 1. The van der Waals surface area contributed by atoms with Gasteiger partial charge in [-0.3, -0.25) is 9.59 Å². The number of nitrogens with zero attached hydrogens (tertiary/aromatic N) is 2. The van der Waals surface area contributed by atoms with E-state index in [9.17, 15) is 9.59 Å². The molecular formula is C38H48N2O6. The van der Waals surface area contributed by atoms with Crippen LogP contribution in [0.4, 0.5) is 0 Å². The second-order valence-electron chi connectivity index (χ2n) is 13.7. The van der Waals surface area contributed by atoms with E-state index in [1.54, 1.807) is 21.3 Å². The summed E-state index contributed by atoms with van der Waals surface area (Å²) in [6, 6.07) is 18.0. The van der Waals surface area contributed by atoms with Crippen LogP contribution in [0.25, 0.3) is 5.57 Å². The topological polar surface area (TPSA) is 87.2 Å². The number of pyridine rings is 1. The Kier molecular flexibility index (Phi) is 10.8. The first-order valence-corrected chi connectivity index (χ1v) is 15.8. The van der Waals surface area contributed by atoms with Gasteiger partial charge in [0.25, 0.3) is 0 Å². The molecule has 2 aromatic carbocycles. The number of hydrogen-bond acceptors (Lipinski definition) is 7. The summed E-state index contributed by atoms with van der Waals surface area (Å²) < 4.78 is 22.2. The Labute approximate surface area is 273 Å². The molecule has 4 rings (SSSR count). The smallest absolute Gasteiger partial charge is 0.306 e. The SMILES string of the molecule is COc1ccc(CN2C(=O)CC[C@@H]2/C=C(/c2ccc(C(C)(C)C)cc2)c2ccc(CCC(=O)OC(C)(C)C)c(OC)n2)c(OC)c1. The molecule has 46 heavy (non-hydrogen) atoms. The molecule has 0 N–H and O–H groups in total. The van der Waals surface area contributed by atoms with Crippen LogP contribution in [0, 0.1) is 0 Å². The number of esters is 1. The second-order valence-corrected chi connectivity index (χ2v) is 13.7. The van der Waals surface area contributed by atoms with Gasteiger partial charge in [0.15, 0.2) is 0 Å². The molecule has 1 amide bonds. The maximum Gasteiger partial charge on any atom is 0.306 e. The number of carbonyl (C=O) groups is 2. The van der Waals surface area contributed by atoms with Gasteiger partial charge in [0.2, 0.25) is 11.8 Å². The average molecular weight is 629 g/mol. The first-order valence-electron chi connectivity index (χ1n) is 15.8. The van der Waals surface area contributed by atoms with E-state index in [-0.39, 0.29) is 29.8 Å². The standard InChI is InChI=1S/C38H48N2O6/c1-37(2,3)28-15-10-25(11-16-28)31(32-19-13-26(36(39-32)45-9)14-21-35(42)46-38(4,5)6)22-29-17-20-34(41)40(29)24-27-12-18-30(43-7)23-33(27)44-8/h10-13,15-16,18-19,22-23,29H,14,17,20-21,24H2,1-9H3/b31-22-/t29-/m1/s1. The van der Waals surface area contributed by atoms with Crippen molar-refractivity contribution in [2.75, 3.05) is 21.3 Å². The van der Waals surface area contributed by atoms with E-state index in [0.29, 0.717) is 43.2 Å². The summed E-state index contributed by atoms with van der Waals surface area (Å²) in [7, 11) is 4.83. The fraction of sp³-hybridized carbons (Fsp3) is 0.447. The van der Waals surface area contributed by atoms with Crippen LogP contribution in [0.3, 0.4) is 0 Å². The largest absolute Gasteiger partial charge is 0.497 e. The third-order valence-corrected chi connectivity index (χ3v) is 8.06. The van der Waals surface area contributed by atoms with Crippen LogP contribution in [0.5, 0.6) is 17.4 Å². The van der Waals surface area contributed by atoms with Gasteiger partial charge < -0.3 is 23.8 Å². The number of amides is 1. The molecule has 1 saturated heterocycles. The molecule has 1 aliphatic heterocycles. The lowest BCUT2D eigenvalue weighted by Crippen LogP contribution is -2.31. The van der Waals surface area contributed by atoms with Gasteiger partial charge in [-0.15, -0.1) is 0 Å². The molecule has 1 aromatic heterocycles. The summed E-state index contributed by atoms with van der Waals surface area (Å²) >= 11 is 0. The highest BCUT2D eigenvalue weighted by Gasteiger charge is 2.31. The van der Waals surface area contributed by atoms with E-state index in [1.165, 1.54) is 5.56 Å². The van der Waals surface area contributed by atoms with Gasteiger partial charge in [-0.2, -0.15) is 0 Å². The number of ether oxygens (including phenoxy) is 4. The molecule has 2 heterocycles. The molecule has 0 radical (unpaired) electrons. The molecule has 0 saturated carbocycles. The Bertz CT molecular complexity index is 1560. The van der Waals surface area contributed by atoms with Crippen LogP contribution < -0.4 is 14.2 Å². The highest BCUT2D eigenvalue weighted by atomic mass is 16.6. The predicted molar refractivity (Wildman–Crippen MR) is 180 cm³/mol. The second kappa shape index (κ2) is 14.4. The molecular weight excluding hydrogens is 580 g/mol. The van der Waals surface area contributed by atoms with Gasteiger partial charge in [-0.05, 0) is 68.4 Å². The Morgan fingerprint density at radius 3 is 2.22 bits per heavy atom. The van der Waals surface area contributed by atoms with E-state index in [4.69, 9.17) is 23.9 Å². The molecule has 8 heteroatoms. The van der Waals surface area contributed by atoms with Crippen LogP contribution in [0.1, 0.15) is 88.8 Å². The Hall–Kier alpha value is -4.33. The third kappa shape index (κ3) is 8.68. The number of rotatable bonds is 11. The number of aryl methyl sites for hydroxylation is 1. The molecule has 8 nitrogen and oxygen atoms in total. The van der Waals surface area contributed by atoms with Crippen LogP contribution in [-0.4, -0.2) is 54.7 Å². The Balaban J connectivity index is 1.72. The summed E-state index contributed by atoms with van der Waals surface area (Å²) in [5, 5.41) is 0. The molecule has 1 atom stereocenters. The number of benzene rings is 2. The van der Waals surface area contributed by atoms with Crippen molar-refractivity contribution in [2.45, 2.75) is 90.8 Å². The Morgan fingerprint density at radius 2 is 1.61 bits per heavy atom. The van der Waals surface area contributed by atoms with Gasteiger partial charge in [0, 0.05) is 42.2 Å². The molecule has 246 valence electrons. The molecule has 1 aliphatic rings. The van der Waals surface area contributed by atoms with Crippen LogP contribution >= 0.6 is 0 Å². The van der Waals surface area contributed by atoms with Crippen molar-refractivity contribution in [1.82, 2.24) is 9.88 Å². The average Bonchev–Trinajstić information content (AvgIpc) is 3.35. The lowest BCUT2D eigenvalue weighted by atomic mass is 9.86. The van der Waals surface area contributed by atoms with Gasteiger partial charge in [0.05, 0.1) is 33.1 Å². The molecule has 1 fully saturated rings. The van der Waals surface area contributed by atoms with Gasteiger partial charge >= 0.3 is 5.97 Å². The van der Waals surface area contributed by atoms with Crippen molar-refractivity contribution >= 4 is 17.4 Å². The molecule has 3 aromatic rings. The molecule has 0 aliphatic carbocycles. The van der Waals surface area contributed by atoms with E-state index in [0.717, 1.165) is 28.0 Å². The van der Waals surface area contributed by atoms with Gasteiger partial charge in [-0.1, -0.05) is 57.2 Å². The van der Waals surface area contributed by atoms with Crippen molar-refractivity contribution < 1.29 is 28.5 Å². The van der Waals surface area contributed by atoms with Crippen molar-refractivity contribution in [3.63, 3.8) is 0 Å². The quantitative estimate of drug-likeness (QED) is 0.206. The summed E-state index contributed by atoms with van der Waals surface area (Å²) in [6.45, 7) is 12.6. The van der Waals surface area contributed by atoms with Crippen molar-refractivity contribution in [3.05, 3.63) is 88.6 Å². The predicted octanol–water partition coefficient (Wildman–Crippen LogP) is 7.30. The summed E-state index contributed by atoms with van der Waals surface area (Å²) in [5.41, 5.74) is 5.04. The minimum atomic E-state index is -0.542. The van der Waals surface area contributed by atoms with E-state index in [2.05, 4.69) is 51.1 Å². The Morgan fingerprint density at radius 1 is 0.913 bits per heavy atom. The van der Waals surface area contributed by atoms with Crippen molar-refractivity contribution in [2.24, 2.45) is 0 Å². The van der Waals surface area contributed by atoms with E-state index in [1.807, 2.05) is 56.0 Å². The zero-order chi connectivity index (χ0) is 33.6. The fourth-order valence-corrected chi connectivity index (χ4v) is 5.59. The molecule has 0 unspecified atom stereocenters. The first kappa shape index (κ1) is 34.5. The summed E-state index contributed by atoms with van der Waals surface area (Å²) in [6.07, 6.45) is 3.95. The highest BCUT2D eigenvalue weighted by molar-refractivity contribution is 5.83. The monoisotopic (exact) mass is 628 g/mol. The van der Waals surface area contributed by atoms with Crippen molar-refractivity contribution in [3.8, 4) is 17.4 Å². The highest BCUT2D eigenvalue weighted by Crippen LogP contribution is 2.34. The first-order chi connectivity index (χ1) is 21.7. The number of hydrogen-bond donors (Lipinski definition) is 0. The lowest BCUT2D eigenvalue weighted by molar-refractivity contribution is -0.154. The van der Waals surface area contributed by atoms with Crippen LogP contribution in [0.15, 0.2) is 60.7 Å². The third-order valence-electron chi connectivity index (χ3n) is 8.06. The maximum absolute atomic E-state index is 13.2. The maximum atomic E-state index is 13.2. The van der Waals surface area contributed by atoms with Crippen molar-refractivity contribution in [1.29, 1.82) is 0 Å².